The van der Waals surface area contributed by atoms with E-state index in [2.05, 4.69) is 9.97 Å². The standard InChI is InChI=1S/C12H17FN2O4S/c1-7(8(2)20(16)17)12-14-5-9(13)11(15-12)10-6-18-3-4-19-10/h5,7-8,10H,3-4,6H2,1-2H3,(H,16,17)/p-1/t7-,8-,10-/m0/s1. The fourth-order valence-corrected chi connectivity index (χ4v) is 2.32. The maximum absolute atomic E-state index is 13.8. The molecule has 0 N–H and O–H groups in total. The second kappa shape index (κ2) is 6.66. The molecule has 0 saturated carbocycles. The third-order valence-corrected chi connectivity index (χ3v) is 4.34. The van der Waals surface area contributed by atoms with Crippen LogP contribution in [-0.2, 0) is 20.6 Å². The van der Waals surface area contributed by atoms with Crippen molar-refractivity contribution in [3.05, 3.63) is 23.5 Å². The lowest BCUT2D eigenvalue weighted by Gasteiger charge is -2.25. The smallest absolute Gasteiger partial charge is 0.165 e. The Hall–Kier alpha value is -0.960. The largest absolute Gasteiger partial charge is 0.772 e. The van der Waals surface area contributed by atoms with Gasteiger partial charge < -0.3 is 14.0 Å². The maximum atomic E-state index is 13.8. The molecule has 112 valence electrons. The highest BCUT2D eigenvalue weighted by atomic mass is 32.2. The van der Waals surface area contributed by atoms with Gasteiger partial charge in [-0.15, -0.1) is 0 Å². The van der Waals surface area contributed by atoms with E-state index in [1.165, 1.54) is 0 Å². The first kappa shape index (κ1) is 15.4. The molecule has 4 atom stereocenters. The molecule has 1 saturated heterocycles. The summed E-state index contributed by atoms with van der Waals surface area (Å²) in [4.78, 5) is 8.02. The van der Waals surface area contributed by atoms with Gasteiger partial charge in [0.1, 0.15) is 17.6 Å². The molecule has 1 aromatic rings. The predicted octanol–water partition coefficient (Wildman–Crippen LogP) is 1.07. The average Bonchev–Trinajstić information content (AvgIpc) is 2.47. The maximum Gasteiger partial charge on any atom is 0.165 e. The van der Waals surface area contributed by atoms with Gasteiger partial charge in [0.15, 0.2) is 5.82 Å². The Morgan fingerprint density at radius 1 is 1.50 bits per heavy atom. The lowest BCUT2D eigenvalue weighted by molar-refractivity contribution is -0.0931. The number of ether oxygens (including phenoxy) is 2. The zero-order valence-electron chi connectivity index (χ0n) is 11.2. The fraction of sp³-hybridized carbons (Fsp3) is 0.667. The third-order valence-electron chi connectivity index (χ3n) is 3.33. The molecular formula is C12H16FN2O4S-. The molecule has 6 nitrogen and oxygen atoms in total. The number of hydrogen-bond acceptors (Lipinski definition) is 6. The normalized spacial score (nSPS) is 24.1. The van der Waals surface area contributed by atoms with E-state index in [0.717, 1.165) is 6.20 Å². The van der Waals surface area contributed by atoms with Gasteiger partial charge in [0.2, 0.25) is 0 Å². The molecule has 8 heteroatoms. The minimum absolute atomic E-state index is 0.116. The van der Waals surface area contributed by atoms with Crippen LogP contribution in [0.1, 0.15) is 37.4 Å². The first-order valence-corrected chi connectivity index (χ1v) is 7.44. The summed E-state index contributed by atoms with van der Waals surface area (Å²) in [7, 11) is 0. The molecule has 0 spiro atoms. The van der Waals surface area contributed by atoms with Crippen LogP contribution in [0.4, 0.5) is 4.39 Å². The van der Waals surface area contributed by atoms with E-state index in [-0.39, 0.29) is 18.1 Å². The second-order valence-electron chi connectivity index (χ2n) is 4.65. The van der Waals surface area contributed by atoms with Crippen LogP contribution in [0.3, 0.4) is 0 Å². The van der Waals surface area contributed by atoms with Gasteiger partial charge in [-0.3, -0.25) is 4.21 Å². The second-order valence-corrected chi connectivity index (χ2v) is 5.91. The molecule has 2 heterocycles. The number of hydrogen-bond donors (Lipinski definition) is 0. The molecule has 0 bridgehead atoms. The Balaban J connectivity index is 2.25. The van der Waals surface area contributed by atoms with Crippen LogP contribution < -0.4 is 0 Å². The Labute approximate surface area is 119 Å². The fourth-order valence-electron chi connectivity index (χ4n) is 1.86. The van der Waals surface area contributed by atoms with Crippen LogP contribution in [0.25, 0.3) is 0 Å². The van der Waals surface area contributed by atoms with Gasteiger partial charge in [0.05, 0.1) is 26.0 Å². The molecule has 1 fully saturated rings. The summed E-state index contributed by atoms with van der Waals surface area (Å²) in [5, 5.41) is -0.656. The number of aromatic nitrogens is 2. The van der Waals surface area contributed by atoms with Crippen LogP contribution >= 0.6 is 0 Å². The number of rotatable bonds is 4. The quantitative estimate of drug-likeness (QED) is 0.774. The average molecular weight is 303 g/mol. The van der Waals surface area contributed by atoms with Crippen molar-refractivity contribution >= 4 is 11.1 Å². The van der Waals surface area contributed by atoms with E-state index in [1.54, 1.807) is 13.8 Å². The summed E-state index contributed by atoms with van der Waals surface area (Å²) in [6.07, 6.45) is 0.470. The Kier molecular flexibility index (Phi) is 5.14. The minimum Gasteiger partial charge on any atom is -0.772 e. The Morgan fingerprint density at radius 2 is 2.25 bits per heavy atom. The minimum atomic E-state index is -2.24. The summed E-state index contributed by atoms with van der Waals surface area (Å²) >= 11 is -2.24. The van der Waals surface area contributed by atoms with Crippen LogP contribution in [0.2, 0.25) is 0 Å². The Bertz CT molecular complexity index is 496. The van der Waals surface area contributed by atoms with E-state index < -0.39 is 34.2 Å². The van der Waals surface area contributed by atoms with Crippen molar-refractivity contribution in [2.45, 2.75) is 31.1 Å². The van der Waals surface area contributed by atoms with Crippen molar-refractivity contribution < 1.29 is 22.6 Å². The molecule has 20 heavy (non-hydrogen) atoms. The summed E-state index contributed by atoms with van der Waals surface area (Å²) in [6.45, 7) is 4.32. The van der Waals surface area contributed by atoms with Gasteiger partial charge >= 0.3 is 0 Å². The highest BCUT2D eigenvalue weighted by Crippen LogP contribution is 2.24. The highest BCUT2D eigenvalue weighted by Gasteiger charge is 2.25. The third kappa shape index (κ3) is 3.38. The molecule has 1 aliphatic rings. The van der Waals surface area contributed by atoms with Gasteiger partial charge in [-0.05, 0) is 0 Å². The van der Waals surface area contributed by atoms with Crippen LogP contribution in [-0.4, -0.2) is 43.8 Å². The van der Waals surface area contributed by atoms with Gasteiger partial charge in [-0.1, -0.05) is 24.9 Å². The van der Waals surface area contributed by atoms with Crippen molar-refractivity contribution in [2.24, 2.45) is 0 Å². The zero-order chi connectivity index (χ0) is 14.7. The predicted molar refractivity (Wildman–Crippen MR) is 68.3 cm³/mol. The van der Waals surface area contributed by atoms with Crippen molar-refractivity contribution in [1.29, 1.82) is 0 Å². The topological polar surface area (TPSA) is 84.4 Å². The van der Waals surface area contributed by atoms with E-state index in [9.17, 15) is 13.2 Å². The van der Waals surface area contributed by atoms with Gasteiger partial charge in [-0.2, -0.15) is 0 Å². The van der Waals surface area contributed by atoms with E-state index in [0.29, 0.717) is 13.2 Å². The van der Waals surface area contributed by atoms with Gasteiger partial charge in [-0.25, -0.2) is 14.4 Å². The SMILES string of the molecule is C[C@H](c1ncc(F)c([C@@H]2COCCO2)n1)[C@H](C)S(=O)[O-]. The van der Waals surface area contributed by atoms with E-state index in [4.69, 9.17) is 9.47 Å². The number of halogens is 1. The van der Waals surface area contributed by atoms with Crippen LogP contribution in [0, 0.1) is 5.82 Å². The summed E-state index contributed by atoms with van der Waals surface area (Å²) in [6, 6.07) is 0. The summed E-state index contributed by atoms with van der Waals surface area (Å²) in [5.74, 6) is -0.725. The van der Waals surface area contributed by atoms with Gasteiger partial charge in [0, 0.05) is 11.2 Å². The van der Waals surface area contributed by atoms with E-state index in [1.807, 2.05) is 0 Å². The van der Waals surface area contributed by atoms with Crippen molar-refractivity contribution in [3.63, 3.8) is 0 Å². The van der Waals surface area contributed by atoms with Crippen molar-refractivity contribution in [1.82, 2.24) is 9.97 Å². The van der Waals surface area contributed by atoms with Crippen molar-refractivity contribution in [3.8, 4) is 0 Å². The van der Waals surface area contributed by atoms with Crippen LogP contribution in [0.15, 0.2) is 6.20 Å². The number of nitrogens with zero attached hydrogens (tertiary/aromatic N) is 2. The molecule has 0 aromatic carbocycles. The first-order valence-electron chi connectivity index (χ1n) is 6.30. The molecule has 2 rings (SSSR count). The molecule has 1 aliphatic heterocycles. The Morgan fingerprint density at radius 3 is 2.85 bits per heavy atom. The molecule has 1 aromatic heterocycles. The molecule has 1 unspecified atom stereocenters. The highest BCUT2D eigenvalue weighted by molar-refractivity contribution is 7.79. The van der Waals surface area contributed by atoms with Crippen LogP contribution in [0.5, 0.6) is 0 Å². The molecule has 0 aliphatic carbocycles. The van der Waals surface area contributed by atoms with Crippen molar-refractivity contribution in [2.75, 3.05) is 19.8 Å². The molecular weight excluding hydrogens is 287 g/mol. The molecule has 0 amide bonds. The first-order chi connectivity index (χ1) is 9.50. The lowest BCUT2D eigenvalue weighted by Crippen LogP contribution is -2.26. The zero-order valence-corrected chi connectivity index (χ0v) is 12.1. The lowest BCUT2D eigenvalue weighted by atomic mass is 10.1. The summed E-state index contributed by atoms with van der Waals surface area (Å²) < 4.78 is 46.4. The molecule has 0 radical (unpaired) electrons. The summed E-state index contributed by atoms with van der Waals surface area (Å²) in [5.41, 5.74) is 0.116. The van der Waals surface area contributed by atoms with E-state index >= 15 is 0 Å². The van der Waals surface area contributed by atoms with Gasteiger partial charge in [0.25, 0.3) is 0 Å². The monoisotopic (exact) mass is 303 g/mol.